The number of rotatable bonds is 8. The van der Waals surface area contributed by atoms with E-state index in [-0.39, 0.29) is 0 Å². The first-order chi connectivity index (χ1) is 10.3. The van der Waals surface area contributed by atoms with Crippen LogP contribution in [0.4, 0.5) is 0 Å². The average molecular weight is 287 g/mol. The van der Waals surface area contributed by atoms with E-state index in [0.717, 1.165) is 17.9 Å². The summed E-state index contributed by atoms with van der Waals surface area (Å²) in [5, 5.41) is 3.84. The molecule has 0 bridgehead atoms. The lowest BCUT2D eigenvalue weighted by atomic mass is 9.76. The molecule has 1 unspecified atom stereocenters. The number of nitrogens with one attached hydrogen (secondary N) is 1. The van der Waals surface area contributed by atoms with Crippen LogP contribution in [-0.2, 0) is 6.42 Å². The molecule has 1 nitrogen and oxygen atoms in total. The zero-order valence-corrected chi connectivity index (χ0v) is 14.0. The molecule has 0 amide bonds. The second-order valence-corrected chi connectivity index (χ2v) is 6.77. The molecular formula is C20H33N. The summed E-state index contributed by atoms with van der Waals surface area (Å²) < 4.78 is 0. The topological polar surface area (TPSA) is 12.0 Å². The van der Waals surface area contributed by atoms with E-state index in [1.807, 2.05) is 0 Å². The van der Waals surface area contributed by atoms with Gasteiger partial charge in [0.25, 0.3) is 0 Å². The first kappa shape index (κ1) is 16.5. The fraction of sp³-hybridized carbons (Fsp3) is 0.700. The molecular weight excluding hydrogens is 254 g/mol. The third-order valence-corrected chi connectivity index (χ3v) is 5.28. The lowest BCUT2D eigenvalue weighted by molar-refractivity contribution is 0.211. The van der Waals surface area contributed by atoms with E-state index < -0.39 is 0 Å². The van der Waals surface area contributed by atoms with E-state index in [1.54, 1.807) is 0 Å². The quantitative estimate of drug-likeness (QED) is 0.692. The van der Waals surface area contributed by atoms with Gasteiger partial charge in [0.1, 0.15) is 0 Å². The summed E-state index contributed by atoms with van der Waals surface area (Å²) in [6.07, 6.45) is 10.9. The Kier molecular flexibility index (Phi) is 7.29. The van der Waals surface area contributed by atoms with Crippen molar-refractivity contribution in [2.75, 3.05) is 6.54 Å². The second kappa shape index (κ2) is 9.25. The van der Waals surface area contributed by atoms with Gasteiger partial charge in [0.15, 0.2) is 0 Å². The van der Waals surface area contributed by atoms with Gasteiger partial charge in [-0.15, -0.1) is 0 Å². The summed E-state index contributed by atoms with van der Waals surface area (Å²) in [6.45, 7) is 5.80. The van der Waals surface area contributed by atoms with Crippen LogP contribution in [-0.4, -0.2) is 12.6 Å². The first-order valence-corrected chi connectivity index (χ1v) is 9.10. The van der Waals surface area contributed by atoms with Crippen molar-refractivity contribution >= 4 is 0 Å². The fourth-order valence-electron chi connectivity index (χ4n) is 3.80. The Morgan fingerprint density at radius 1 is 1.05 bits per heavy atom. The van der Waals surface area contributed by atoms with Gasteiger partial charge in [-0.3, -0.25) is 0 Å². The predicted molar refractivity (Wildman–Crippen MR) is 92.6 cm³/mol. The molecule has 2 rings (SSSR count). The van der Waals surface area contributed by atoms with Crippen molar-refractivity contribution in [3.8, 4) is 0 Å². The summed E-state index contributed by atoms with van der Waals surface area (Å²) >= 11 is 0. The van der Waals surface area contributed by atoms with Gasteiger partial charge in [0.05, 0.1) is 0 Å². The molecule has 1 aromatic carbocycles. The Morgan fingerprint density at radius 2 is 1.76 bits per heavy atom. The molecule has 1 saturated carbocycles. The van der Waals surface area contributed by atoms with Crippen LogP contribution in [0.3, 0.4) is 0 Å². The van der Waals surface area contributed by atoms with Crippen molar-refractivity contribution in [2.45, 2.75) is 71.3 Å². The largest absolute Gasteiger partial charge is 0.314 e. The summed E-state index contributed by atoms with van der Waals surface area (Å²) in [5.74, 6) is 1.91. The van der Waals surface area contributed by atoms with Gasteiger partial charge in [-0.25, -0.2) is 0 Å². The summed E-state index contributed by atoms with van der Waals surface area (Å²) in [4.78, 5) is 0. The van der Waals surface area contributed by atoms with Crippen LogP contribution in [0, 0.1) is 11.8 Å². The molecule has 118 valence electrons. The molecule has 0 aromatic heterocycles. The standard InChI is InChI=1S/C20H33N/c1-3-16-21-20(15-12-18-8-6-5-7-9-18)19-13-10-17(4-2)11-14-19/h5-9,17,19-21H,3-4,10-16H2,1-2H3. The number of hydrogen-bond acceptors (Lipinski definition) is 1. The molecule has 1 heteroatoms. The van der Waals surface area contributed by atoms with E-state index in [4.69, 9.17) is 0 Å². The fourth-order valence-corrected chi connectivity index (χ4v) is 3.80. The van der Waals surface area contributed by atoms with Crippen LogP contribution in [0.25, 0.3) is 0 Å². The molecule has 1 atom stereocenters. The highest BCUT2D eigenvalue weighted by molar-refractivity contribution is 5.14. The molecule has 0 heterocycles. The van der Waals surface area contributed by atoms with Gasteiger partial charge < -0.3 is 5.32 Å². The average Bonchev–Trinajstić information content (AvgIpc) is 2.56. The predicted octanol–water partition coefficient (Wildman–Crippen LogP) is 5.20. The van der Waals surface area contributed by atoms with Gasteiger partial charge in [-0.2, -0.15) is 0 Å². The van der Waals surface area contributed by atoms with Crippen LogP contribution >= 0.6 is 0 Å². The SMILES string of the molecule is CCCNC(CCc1ccccc1)C1CCC(CC)CC1. The number of benzene rings is 1. The molecule has 1 N–H and O–H groups in total. The van der Waals surface area contributed by atoms with E-state index in [2.05, 4.69) is 49.5 Å². The minimum Gasteiger partial charge on any atom is -0.314 e. The van der Waals surface area contributed by atoms with Crippen molar-refractivity contribution < 1.29 is 0 Å². The maximum absolute atomic E-state index is 3.84. The molecule has 21 heavy (non-hydrogen) atoms. The summed E-state index contributed by atoms with van der Waals surface area (Å²) in [7, 11) is 0. The van der Waals surface area contributed by atoms with Crippen LogP contribution in [0.2, 0.25) is 0 Å². The van der Waals surface area contributed by atoms with E-state index in [1.165, 1.54) is 63.5 Å². The monoisotopic (exact) mass is 287 g/mol. The molecule has 1 aliphatic carbocycles. The van der Waals surface area contributed by atoms with Gasteiger partial charge in [-0.05, 0) is 56.0 Å². The third kappa shape index (κ3) is 5.47. The maximum atomic E-state index is 3.84. The summed E-state index contributed by atoms with van der Waals surface area (Å²) in [5.41, 5.74) is 1.49. The smallest absolute Gasteiger partial charge is 0.00984 e. The zero-order chi connectivity index (χ0) is 14.9. The lowest BCUT2D eigenvalue weighted by Crippen LogP contribution is -2.39. The number of aryl methyl sites for hydroxylation is 1. The second-order valence-electron chi connectivity index (χ2n) is 6.77. The molecule has 0 saturated heterocycles. The maximum Gasteiger partial charge on any atom is 0.00984 e. The summed E-state index contributed by atoms with van der Waals surface area (Å²) in [6, 6.07) is 11.7. The van der Waals surface area contributed by atoms with Crippen molar-refractivity contribution in [1.82, 2.24) is 5.32 Å². The third-order valence-electron chi connectivity index (χ3n) is 5.28. The Morgan fingerprint density at radius 3 is 2.38 bits per heavy atom. The Balaban J connectivity index is 1.85. The molecule has 1 aromatic rings. The normalized spacial score (nSPS) is 23.9. The van der Waals surface area contributed by atoms with Crippen LogP contribution in [0.5, 0.6) is 0 Å². The highest BCUT2D eigenvalue weighted by Crippen LogP contribution is 2.33. The molecule has 0 spiro atoms. The van der Waals surface area contributed by atoms with Crippen molar-refractivity contribution in [3.63, 3.8) is 0 Å². The molecule has 1 fully saturated rings. The highest BCUT2D eigenvalue weighted by atomic mass is 14.9. The Bertz CT molecular complexity index is 365. The zero-order valence-electron chi connectivity index (χ0n) is 14.0. The molecule has 0 aliphatic heterocycles. The van der Waals surface area contributed by atoms with Crippen LogP contribution < -0.4 is 5.32 Å². The van der Waals surface area contributed by atoms with E-state index >= 15 is 0 Å². The Labute approximate surface area is 131 Å². The van der Waals surface area contributed by atoms with Crippen LogP contribution in [0.1, 0.15) is 64.4 Å². The van der Waals surface area contributed by atoms with Gasteiger partial charge in [0.2, 0.25) is 0 Å². The van der Waals surface area contributed by atoms with Gasteiger partial charge in [0, 0.05) is 6.04 Å². The van der Waals surface area contributed by atoms with Gasteiger partial charge >= 0.3 is 0 Å². The lowest BCUT2D eigenvalue weighted by Gasteiger charge is -2.34. The van der Waals surface area contributed by atoms with E-state index in [9.17, 15) is 0 Å². The van der Waals surface area contributed by atoms with E-state index in [0.29, 0.717) is 0 Å². The van der Waals surface area contributed by atoms with Crippen molar-refractivity contribution in [1.29, 1.82) is 0 Å². The first-order valence-electron chi connectivity index (χ1n) is 9.10. The molecule has 0 radical (unpaired) electrons. The van der Waals surface area contributed by atoms with Crippen LogP contribution in [0.15, 0.2) is 30.3 Å². The molecule has 1 aliphatic rings. The van der Waals surface area contributed by atoms with Crippen molar-refractivity contribution in [3.05, 3.63) is 35.9 Å². The van der Waals surface area contributed by atoms with Gasteiger partial charge in [-0.1, -0.05) is 63.4 Å². The highest BCUT2D eigenvalue weighted by Gasteiger charge is 2.26. The van der Waals surface area contributed by atoms with Crippen molar-refractivity contribution in [2.24, 2.45) is 11.8 Å². The minimum atomic E-state index is 0.725. The minimum absolute atomic E-state index is 0.725. The number of hydrogen-bond donors (Lipinski definition) is 1. The Hall–Kier alpha value is -0.820.